The number of hydrogen-bond acceptors (Lipinski definition) is 2. The highest BCUT2D eigenvalue weighted by atomic mass is 79.9. The molecule has 0 fully saturated rings. The Balaban J connectivity index is 0. The summed E-state index contributed by atoms with van der Waals surface area (Å²) in [6.45, 7) is 5.58. The maximum atomic E-state index is 10.5. The highest BCUT2D eigenvalue weighted by molar-refractivity contribution is 9.08. The predicted octanol–water partition coefficient (Wildman–Crippen LogP) is 3.99. The number of Topliss-reactive ketones (excluding diaryl/α,β-unsaturated/α-hetero) is 1. The molecule has 1 heterocycles. The van der Waals surface area contributed by atoms with Crippen LogP contribution in [0.1, 0.15) is 30.4 Å². The molecule has 0 saturated heterocycles. The van der Waals surface area contributed by atoms with E-state index in [4.69, 9.17) is 0 Å². The third-order valence-corrected chi connectivity index (χ3v) is 1.84. The van der Waals surface area contributed by atoms with E-state index >= 15 is 0 Å². The van der Waals surface area contributed by atoms with Crippen molar-refractivity contribution in [3.8, 4) is 0 Å². The zero-order valence-electron chi connectivity index (χ0n) is 7.93. The molecule has 1 rings (SSSR count). The molecule has 1 nitrogen and oxygen atoms in total. The summed E-state index contributed by atoms with van der Waals surface area (Å²) in [5, 5.41) is 1.90. The summed E-state index contributed by atoms with van der Waals surface area (Å²) in [7, 11) is 0. The van der Waals surface area contributed by atoms with Gasteiger partial charge < -0.3 is 0 Å². The summed E-state index contributed by atoms with van der Waals surface area (Å²) in [6, 6.07) is 3.70. The van der Waals surface area contributed by atoms with Crippen molar-refractivity contribution in [3.63, 3.8) is 0 Å². The Morgan fingerprint density at radius 2 is 1.92 bits per heavy atom. The largest absolute Gasteiger partial charge is 0.294 e. The lowest BCUT2D eigenvalue weighted by atomic mass is 10.4. The summed E-state index contributed by atoms with van der Waals surface area (Å²) in [4.78, 5) is 11.4. The van der Waals surface area contributed by atoms with Gasteiger partial charge in [0.1, 0.15) is 0 Å². The van der Waals surface area contributed by atoms with Crippen LogP contribution in [0, 0.1) is 0 Å². The molecule has 1 aromatic rings. The fourth-order valence-electron chi connectivity index (χ4n) is 0.479. The fraction of sp³-hybridized carbons (Fsp3) is 0.444. The van der Waals surface area contributed by atoms with Gasteiger partial charge in [0.15, 0.2) is 5.78 Å². The third-order valence-electron chi connectivity index (χ3n) is 0.868. The third kappa shape index (κ3) is 6.55. The monoisotopic (exact) mass is 250 g/mol. The zero-order chi connectivity index (χ0) is 9.98. The number of hydrogen-bond donors (Lipinski definition) is 0. The van der Waals surface area contributed by atoms with E-state index in [9.17, 15) is 4.79 Å². The lowest BCUT2D eigenvalue weighted by molar-refractivity contribution is 0.102. The van der Waals surface area contributed by atoms with Gasteiger partial charge in [0.2, 0.25) is 0 Å². The smallest absolute Gasteiger partial charge is 0.169 e. The van der Waals surface area contributed by atoms with Crippen LogP contribution in [0.2, 0.25) is 0 Å². The maximum Gasteiger partial charge on any atom is 0.169 e. The summed E-state index contributed by atoms with van der Waals surface area (Å²) in [6.07, 6.45) is 0. The molecule has 0 N–H and O–H groups in total. The van der Waals surface area contributed by atoms with Gasteiger partial charge in [-0.05, 0) is 24.2 Å². The topological polar surface area (TPSA) is 17.1 Å². The Morgan fingerprint density at radius 3 is 2.08 bits per heavy atom. The first-order chi connectivity index (χ1) is 5.80. The normalized spacial score (nSPS) is 7.08. The Labute approximate surface area is 86.9 Å². The first-order valence-corrected chi connectivity index (χ1v) is 6.19. The number of halogens is 1. The highest BCUT2D eigenvalue weighted by Gasteiger charge is 1.95. The molecule has 3 heteroatoms. The molecule has 0 spiro atoms. The van der Waals surface area contributed by atoms with Gasteiger partial charge in [0.05, 0.1) is 4.88 Å². The lowest BCUT2D eigenvalue weighted by Gasteiger charge is -1.79. The lowest BCUT2D eigenvalue weighted by Crippen LogP contribution is -1.83. The molecule has 0 saturated carbocycles. The predicted molar refractivity (Wildman–Crippen MR) is 60.5 cm³/mol. The van der Waals surface area contributed by atoms with Crippen LogP contribution in [0.4, 0.5) is 0 Å². The molecule has 0 amide bonds. The van der Waals surface area contributed by atoms with Gasteiger partial charge >= 0.3 is 0 Å². The van der Waals surface area contributed by atoms with Gasteiger partial charge in [-0.15, -0.1) is 11.3 Å². The van der Waals surface area contributed by atoms with Crippen molar-refractivity contribution in [1.82, 2.24) is 0 Å². The summed E-state index contributed by atoms with van der Waals surface area (Å²) >= 11 is 4.42. The average molecular weight is 251 g/mol. The van der Waals surface area contributed by atoms with Crippen molar-refractivity contribution in [2.45, 2.75) is 20.8 Å². The maximum absolute atomic E-state index is 10.5. The standard InChI is InChI=1S/C6H6OS.C2H6.CH3Br/c1-5(7)6-3-2-4-8-6;2*1-2/h2-4H,1H3;1-2H3;1H3. The molecule has 0 aromatic carbocycles. The minimum absolute atomic E-state index is 0.153. The van der Waals surface area contributed by atoms with Crippen LogP contribution in [0.5, 0.6) is 0 Å². The second-order valence-corrected chi connectivity index (χ2v) is 2.48. The van der Waals surface area contributed by atoms with Gasteiger partial charge in [-0.3, -0.25) is 4.79 Å². The van der Waals surface area contributed by atoms with Crippen molar-refractivity contribution in [2.24, 2.45) is 0 Å². The Morgan fingerprint density at radius 1 is 1.42 bits per heavy atom. The Kier molecular flexibility index (Phi) is 13.0. The van der Waals surface area contributed by atoms with E-state index < -0.39 is 0 Å². The molecule has 12 heavy (non-hydrogen) atoms. The van der Waals surface area contributed by atoms with Crippen molar-refractivity contribution in [1.29, 1.82) is 0 Å². The molecule has 0 aliphatic rings. The molecule has 1 aromatic heterocycles. The van der Waals surface area contributed by atoms with Gasteiger partial charge in [0, 0.05) is 0 Å². The number of alkyl halides is 1. The van der Waals surface area contributed by atoms with Gasteiger partial charge in [-0.25, -0.2) is 0 Å². The minimum atomic E-state index is 0.153. The first kappa shape index (κ1) is 14.4. The van der Waals surface area contributed by atoms with E-state index in [-0.39, 0.29) is 5.78 Å². The molecular formula is C9H15BrOS. The first-order valence-electron chi connectivity index (χ1n) is 3.73. The number of rotatable bonds is 1. The second-order valence-electron chi connectivity index (χ2n) is 1.53. The molecule has 0 atom stereocenters. The van der Waals surface area contributed by atoms with Crippen LogP contribution in [-0.4, -0.2) is 11.6 Å². The number of thiophene rings is 1. The van der Waals surface area contributed by atoms with Gasteiger partial charge in [-0.1, -0.05) is 35.8 Å². The van der Waals surface area contributed by atoms with Crippen LogP contribution in [0.25, 0.3) is 0 Å². The minimum Gasteiger partial charge on any atom is -0.294 e. The number of carbonyl (C=O) groups is 1. The molecule has 0 bridgehead atoms. The van der Waals surface area contributed by atoms with E-state index in [1.807, 2.05) is 37.2 Å². The molecule has 0 aliphatic heterocycles. The quantitative estimate of drug-likeness (QED) is 0.545. The SMILES string of the molecule is CBr.CC.CC(=O)c1cccs1. The molecule has 0 aliphatic carbocycles. The average Bonchev–Trinajstić information content (AvgIpc) is 2.64. The van der Waals surface area contributed by atoms with E-state index in [1.165, 1.54) is 11.3 Å². The molecule has 70 valence electrons. The van der Waals surface area contributed by atoms with Crippen LogP contribution in [0.3, 0.4) is 0 Å². The van der Waals surface area contributed by atoms with E-state index in [0.29, 0.717) is 0 Å². The van der Waals surface area contributed by atoms with Gasteiger partial charge in [-0.2, -0.15) is 0 Å². The summed E-state index contributed by atoms with van der Waals surface area (Å²) < 4.78 is 0. The zero-order valence-corrected chi connectivity index (χ0v) is 10.3. The van der Waals surface area contributed by atoms with E-state index in [0.717, 1.165) is 4.88 Å². The van der Waals surface area contributed by atoms with Crippen LogP contribution >= 0.6 is 27.3 Å². The van der Waals surface area contributed by atoms with Crippen LogP contribution in [0.15, 0.2) is 17.5 Å². The molecule has 0 unspecified atom stereocenters. The summed E-state index contributed by atoms with van der Waals surface area (Å²) in [5.41, 5.74) is 0. The van der Waals surface area contributed by atoms with Crippen molar-refractivity contribution in [3.05, 3.63) is 22.4 Å². The van der Waals surface area contributed by atoms with E-state index in [2.05, 4.69) is 15.9 Å². The van der Waals surface area contributed by atoms with Crippen LogP contribution < -0.4 is 0 Å². The number of ketones is 1. The highest BCUT2D eigenvalue weighted by Crippen LogP contribution is 2.07. The Hall–Kier alpha value is -0.150. The molecule has 0 radical (unpaired) electrons. The Bertz CT molecular complexity index is 182. The van der Waals surface area contributed by atoms with Crippen molar-refractivity contribution < 1.29 is 4.79 Å². The fourth-order valence-corrected chi connectivity index (χ4v) is 1.11. The summed E-state index contributed by atoms with van der Waals surface area (Å²) in [5.74, 6) is 1.97. The van der Waals surface area contributed by atoms with Crippen molar-refractivity contribution >= 4 is 33.0 Å². The van der Waals surface area contributed by atoms with Gasteiger partial charge in [0.25, 0.3) is 0 Å². The van der Waals surface area contributed by atoms with E-state index in [1.54, 1.807) is 6.92 Å². The second kappa shape index (κ2) is 10.8. The van der Waals surface area contributed by atoms with Crippen molar-refractivity contribution in [2.75, 3.05) is 5.83 Å². The number of carbonyl (C=O) groups excluding carboxylic acids is 1. The molecular weight excluding hydrogens is 236 g/mol. The van der Waals surface area contributed by atoms with Crippen LogP contribution in [-0.2, 0) is 0 Å².